The molecule has 0 atom stereocenters. The van der Waals surface area contributed by atoms with Crippen molar-refractivity contribution in [3.05, 3.63) is 11.4 Å². The van der Waals surface area contributed by atoms with Gasteiger partial charge < -0.3 is 10.2 Å². The zero-order valence-electron chi connectivity index (χ0n) is 11.8. The van der Waals surface area contributed by atoms with Crippen molar-refractivity contribution in [2.24, 2.45) is 5.84 Å². The molecule has 1 aromatic rings. The maximum Gasteiger partial charge on any atom is 0.221 e. The number of anilines is 1. The highest BCUT2D eigenvalue weighted by Crippen LogP contribution is 2.24. The Labute approximate surface area is 109 Å². The van der Waals surface area contributed by atoms with Gasteiger partial charge in [-0.25, -0.2) is 10.8 Å². The van der Waals surface area contributed by atoms with E-state index in [0.29, 0.717) is 18.3 Å². The summed E-state index contributed by atoms with van der Waals surface area (Å²) in [4.78, 5) is 8.82. The van der Waals surface area contributed by atoms with Crippen LogP contribution in [-0.2, 0) is 0 Å². The lowest BCUT2D eigenvalue weighted by Gasteiger charge is -2.14. The smallest absolute Gasteiger partial charge is 0.221 e. The van der Waals surface area contributed by atoms with Crippen LogP contribution in [0.4, 0.5) is 5.82 Å². The topological polar surface area (TPSA) is 73.1 Å². The van der Waals surface area contributed by atoms with Gasteiger partial charge in [-0.2, -0.15) is 4.98 Å². The lowest BCUT2D eigenvalue weighted by atomic mass is 10.2. The molecule has 0 radical (unpaired) electrons. The summed E-state index contributed by atoms with van der Waals surface area (Å²) in [5.41, 5.74) is 3.46. The van der Waals surface area contributed by atoms with Gasteiger partial charge in [0.2, 0.25) is 5.88 Å². The number of hydrazine groups is 1. The number of hydrogen-bond acceptors (Lipinski definition) is 5. The van der Waals surface area contributed by atoms with E-state index in [9.17, 15) is 0 Å². The number of nitrogen functional groups attached to an aromatic ring is 1. The number of nitrogens with one attached hydrogen (secondary N) is 1. The molecular formula is C13H24N4O. The maximum atomic E-state index is 5.73. The van der Waals surface area contributed by atoms with Gasteiger partial charge in [0.1, 0.15) is 11.6 Å². The van der Waals surface area contributed by atoms with E-state index in [4.69, 9.17) is 10.6 Å². The van der Waals surface area contributed by atoms with Crippen LogP contribution < -0.4 is 16.0 Å². The minimum atomic E-state index is 0.246. The van der Waals surface area contributed by atoms with E-state index in [-0.39, 0.29) is 5.92 Å². The molecule has 0 saturated heterocycles. The number of hydrogen-bond donors (Lipinski definition) is 2. The first-order valence-corrected chi connectivity index (χ1v) is 6.58. The van der Waals surface area contributed by atoms with Crippen molar-refractivity contribution in [1.29, 1.82) is 0 Å². The second-order valence-electron chi connectivity index (χ2n) is 4.72. The predicted molar refractivity (Wildman–Crippen MR) is 73.7 cm³/mol. The summed E-state index contributed by atoms with van der Waals surface area (Å²) in [5, 5.41) is 0. The SMILES string of the molecule is CCCCCOc1nc(C(C)C)nc(NN)c1C. The summed E-state index contributed by atoms with van der Waals surface area (Å²) in [6.07, 6.45) is 3.39. The first-order chi connectivity index (χ1) is 8.60. The van der Waals surface area contributed by atoms with E-state index in [2.05, 4.69) is 22.3 Å². The van der Waals surface area contributed by atoms with E-state index in [1.807, 2.05) is 20.8 Å². The van der Waals surface area contributed by atoms with Crippen LogP contribution in [0.3, 0.4) is 0 Å². The average Bonchev–Trinajstić information content (AvgIpc) is 2.36. The number of nitrogens with two attached hydrogens (primary N) is 1. The minimum Gasteiger partial charge on any atom is -0.477 e. The largest absolute Gasteiger partial charge is 0.477 e. The fraction of sp³-hybridized carbons (Fsp3) is 0.692. The first kappa shape index (κ1) is 14.7. The fourth-order valence-electron chi connectivity index (χ4n) is 1.57. The van der Waals surface area contributed by atoms with Crippen LogP contribution in [-0.4, -0.2) is 16.6 Å². The summed E-state index contributed by atoms with van der Waals surface area (Å²) >= 11 is 0. The Morgan fingerprint density at radius 1 is 1.28 bits per heavy atom. The van der Waals surface area contributed by atoms with Crippen LogP contribution in [0.25, 0.3) is 0 Å². The van der Waals surface area contributed by atoms with Crippen LogP contribution in [0.2, 0.25) is 0 Å². The molecule has 5 heteroatoms. The Morgan fingerprint density at radius 3 is 2.56 bits per heavy atom. The Hall–Kier alpha value is -1.36. The number of aromatic nitrogens is 2. The predicted octanol–water partition coefficient (Wildman–Crippen LogP) is 2.76. The van der Waals surface area contributed by atoms with Crippen molar-refractivity contribution in [2.75, 3.05) is 12.0 Å². The highest BCUT2D eigenvalue weighted by molar-refractivity contribution is 5.47. The molecule has 0 aromatic carbocycles. The van der Waals surface area contributed by atoms with E-state index in [1.54, 1.807) is 0 Å². The lowest BCUT2D eigenvalue weighted by Crippen LogP contribution is -2.14. The second kappa shape index (κ2) is 7.16. The van der Waals surface area contributed by atoms with E-state index in [0.717, 1.165) is 17.8 Å². The molecule has 0 amide bonds. The zero-order valence-corrected chi connectivity index (χ0v) is 11.8. The maximum absolute atomic E-state index is 5.73. The highest BCUT2D eigenvalue weighted by Gasteiger charge is 2.13. The van der Waals surface area contributed by atoms with Crippen molar-refractivity contribution in [1.82, 2.24) is 9.97 Å². The van der Waals surface area contributed by atoms with Crippen molar-refractivity contribution >= 4 is 5.82 Å². The number of unbranched alkanes of at least 4 members (excludes halogenated alkanes) is 2. The van der Waals surface area contributed by atoms with E-state index in [1.165, 1.54) is 12.8 Å². The standard InChI is InChI=1S/C13H24N4O/c1-5-6-7-8-18-13-10(4)12(17-14)15-11(16-13)9(2)3/h9H,5-8,14H2,1-4H3,(H,15,16,17). The molecule has 0 unspecified atom stereocenters. The van der Waals surface area contributed by atoms with Gasteiger partial charge in [0.15, 0.2) is 0 Å². The molecule has 102 valence electrons. The van der Waals surface area contributed by atoms with E-state index >= 15 is 0 Å². The summed E-state index contributed by atoms with van der Waals surface area (Å²) in [6.45, 7) is 8.86. The van der Waals surface area contributed by atoms with Gasteiger partial charge in [0.25, 0.3) is 0 Å². The van der Waals surface area contributed by atoms with Gasteiger partial charge in [-0.15, -0.1) is 0 Å². The molecule has 0 aliphatic rings. The van der Waals surface area contributed by atoms with Crippen molar-refractivity contribution in [2.45, 2.75) is 52.9 Å². The van der Waals surface area contributed by atoms with Crippen molar-refractivity contribution < 1.29 is 4.74 Å². The van der Waals surface area contributed by atoms with Gasteiger partial charge in [-0.3, -0.25) is 0 Å². The van der Waals surface area contributed by atoms with Gasteiger partial charge in [-0.05, 0) is 13.3 Å². The Morgan fingerprint density at radius 2 is 2.00 bits per heavy atom. The van der Waals surface area contributed by atoms with Crippen LogP contribution in [0.5, 0.6) is 5.88 Å². The Bertz CT molecular complexity index is 379. The highest BCUT2D eigenvalue weighted by atomic mass is 16.5. The molecule has 0 aliphatic heterocycles. The first-order valence-electron chi connectivity index (χ1n) is 6.58. The van der Waals surface area contributed by atoms with Crippen LogP contribution in [0, 0.1) is 6.92 Å². The van der Waals surface area contributed by atoms with Gasteiger partial charge in [-0.1, -0.05) is 33.6 Å². The molecule has 1 rings (SSSR count). The molecule has 0 saturated carbocycles. The molecule has 1 heterocycles. The average molecular weight is 252 g/mol. The van der Waals surface area contributed by atoms with Crippen LogP contribution in [0.1, 0.15) is 57.3 Å². The molecule has 18 heavy (non-hydrogen) atoms. The molecule has 0 bridgehead atoms. The Kier molecular flexibility index (Phi) is 5.85. The molecular weight excluding hydrogens is 228 g/mol. The van der Waals surface area contributed by atoms with Crippen LogP contribution >= 0.6 is 0 Å². The molecule has 5 nitrogen and oxygen atoms in total. The normalized spacial score (nSPS) is 10.8. The Balaban J connectivity index is 2.84. The number of nitrogens with zero attached hydrogens (tertiary/aromatic N) is 2. The summed E-state index contributed by atoms with van der Waals surface area (Å²) < 4.78 is 5.73. The van der Waals surface area contributed by atoms with Crippen LogP contribution in [0.15, 0.2) is 0 Å². The van der Waals surface area contributed by atoms with E-state index < -0.39 is 0 Å². The molecule has 1 aromatic heterocycles. The third kappa shape index (κ3) is 3.84. The van der Waals surface area contributed by atoms with Gasteiger partial charge in [0.05, 0.1) is 12.2 Å². The monoisotopic (exact) mass is 252 g/mol. The molecule has 0 fully saturated rings. The quantitative estimate of drug-likeness (QED) is 0.443. The van der Waals surface area contributed by atoms with Crippen molar-refractivity contribution in [3.63, 3.8) is 0 Å². The lowest BCUT2D eigenvalue weighted by molar-refractivity contribution is 0.291. The van der Waals surface area contributed by atoms with Gasteiger partial charge >= 0.3 is 0 Å². The third-order valence-corrected chi connectivity index (χ3v) is 2.76. The van der Waals surface area contributed by atoms with Gasteiger partial charge in [0, 0.05) is 5.92 Å². The second-order valence-corrected chi connectivity index (χ2v) is 4.72. The number of ether oxygens (including phenoxy) is 1. The fourth-order valence-corrected chi connectivity index (χ4v) is 1.57. The molecule has 0 spiro atoms. The zero-order chi connectivity index (χ0) is 13.5. The van der Waals surface area contributed by atoms with Crippen molar-refractivity contribution in [3.8, 4) is 5.88 Å². The summed E-state index contributed by atoms with van der Waals surface area (Å²) in [7, 11) is 0. The summed E-state index contributed by atoms with van der Waals surface area (Å²) in [6, 6.07) is 0. The summed E-state index contributed by atoms with van der Waals surface area (Å²) in [5.74, 6) is 7.74. The number of rotatable bonds is 7. The molecule has 3 N–H and O–H groups in total. The third-order valence-electron chi connectivity index (χ3n) is 2.76. The molecule has 0 aliphatic carbocycles. The minimum absolute atomic E-state index is 0.246.